The maximum Gasteiger partial charge on any atom is 0.173 e. The third-order valence-electron chi connectivity index (χ3n) is 3.21. The Morgan fingerprint density at radius 3 is 3.00 bits per heavy atom. The molecule has 0 aromatic rings. The molecule has 2 atom stereocenters. The molecule has 0 aromatic heterocycles. The largest absolute Gasteiger partial charge is 0.374 e. The maximum atomic E-state index is 11.2. The molecule has 1 saturated heterocycles. The van der Waals surface area contributed by atoms with Crippen molar-refractivity contribution >= 4 is 9.84 Å². The van der Waals surface area contributed by atoms with Crippen LogP contribution in [0.1, 0.15) is 6.92 Å². The molecule has 17 heavy (non-hydrogen) atoms. The lowest BCUT2D eigenvalue weighted by atomic mass is 10.2. The summed E-state index contributed by atoms with van der Waals surface area (Å²) < 4.78 is 28.1. The van der Waals surface area contributed by atoms with E-state index in [1.165, 1.54) is 5.41 Å². The van der Waals surface area contributed by atoms with Crippen LogP contribution >= 0.6 is 0 Å². The molecule has 6 heteroatoms. The molecule has 0 aliphatic carbocycles. The molecule has 2 heterocycles. The Morgan fingerprint density at radius 1 is 1.53 bits per heavy atom. The highest BCUT2D eigenvalue weighted by atomic mass is 32.2. The summed E-state index contributed by atoms with van der Waals surface area (Å²) in [5, 5.41) is 4.53. The van der Waals surface area contributed by atoms with Gasteiger partial charge in [0.1, 0.15) is 0 Å². The van der Waals surface area contributed by atoms with Gasteiger partial charge in [0, 0.05) is 31.1 Å². The molecule has 0 bridgehead atoms. The number of hydrogen-bond donors (Lipinski definition) is 1. The van der Waals surface area contributed by atoms with Crippen molar-refractivity contribution in [2.24, 2.45) is 0 Å². The van der Waals surface area contributed by atoms with E-state index in [2.05, 4.69) is 17.1 Å². The summed E-state index contributed by atoms with van der Waals surface area (Å²) in [5.74, 6) is 0.178. The van der Waals surface area contributed by atoms with Crippen molar-refractivity contribution < 1.29 is 13.2 Å². The Hall–Kier alpha value is -0.430. The van der Waals surface area contributed by atoms with Crippen LogP contribution in [0.15, 0.2) is 11.5 Å². The van der Waals surface area contributed by atoms with Gasteiger partial charge in [-0.3, -0.25) is 4.90 Å². The second kappa shape index (κ2) is 5.48. The number of nitrogens with one attached hydrogen (secondary N) is 1. The highest BCUT2D eigenvalue weighted by molar-refractivity contribution is 7.94. The zero-order valence-electron chi connectivity index (χ0n) is 10.1. The summed E-state index contributed by atoms with van der Waals surface area (Å²) in [6, 6.07) is -0.0550. The van der Waals surface area contributed by atoms with Crippen LogP contribution in [-0.4, -0.2) is 64.0 Å². The molecule has 0 saturated carbocycles. The molecule has 2 rings (SSSR count). The van der Waals surface area contributed by atoms with E-state index in [1.54, 1.807) is 6.08 Å². The van der Waals surface area contributed by atoms with Gasteiger partial charge in [0.2, 0.25) is 0 Å². The number of hydrogen-bond acceptors (Lipinski definition) is 5. The van der Waals surface area contributed by atoms with Gasteiger partial charge in [-0.25, -0.2) is 8.42 Å². The van der Waals surface area contributed by atoms with E-state index in [4.69, 9.17) is 4.74 Å². The molecule has 1 N–H and O–H groups in total. The summed E-state index contributed by atoms with van der Waals surface area (Å²) in [4.78, 5) is 2.34. The molecule has 98 valence electrons. The summed E-state index contributed by atoms with van der Waals surface area (Å²) >= 11 is 0. The van der Waals surface area contributed by atoms with Gasteiger partial charge in [-0.05, 0) is 6.54 Å². The van der Waals surface area contributed by atoms with Crippen molar-refractivity contribution in [2.75, 3.05) is 38.5 Å². The Kier molecular flexibility index (Phi) is 4.19. The third-order valence-corrected chi connectivity index (χ3v) is 4.60. The molecule has 1 fully saturated rings. The Morgan fingerprint density at radius 2 is 2.35 bits per heavy atom. The summed E-state index contributed by atoms with van der Waals surface area (Å²) in [7, 11) is -2.96. The first-order valence-corrected chi connectivity index (χ1v) is 7.79. The lowest BCUT2D eigenvalue weighted by molar-refractivity contribution is -0.0256. The van der Waals surface area contributed by atoms with Crippen LogP contribution in [0, 0.1) is 0 Å². The van der Waals surface area contributed by atoms with Crippen molar-refractivity contribution in [3.63, 3.8) is 0 Å². The second-order valence-electron chi connectivity index (χ2n) is 4.56. The molecule has 2 aliphatic heterocycles. The van der Waals surface area contributed by atoms with E-state index in [-0.39, 0.29) is 17.9 Å². The van der Waals surface area contributed by atoms with Crippen LogP contribution in [0.4, 0.5) is 0 Å². The first-order valence-electron chi connectivity index (χ1n) is 6.07. The maximum absolute atomic E-state index is 11.2. The average Bonchev–Trinajstić information content (AvgIpc) is 2.67. The predicted octanol–water partition coefficient (Wildman–Crippen LogP) is -0.393. The fourth-order valence-electron chi connectivity index (χ4n) is 2.18. The SMILES string of the molecule is CCN1CCOC(CNC2C=CS(=O)(=O)C2)C1. The van der Waals surface area contributed by atoms with Crippen LogP contribution in [0.5, 0.6) is 0 Å². The van der Waals surface area contributed by atoms with E-state index in [9.17, 15) is 8.42 Å². The molecule has 0 spiro atoms. The highest BCUT2D eigenvalue weighted by Crippen LogP contribution is 2.09. The van der Waals surface area contributed by atoms with Crippen molar-refractivity contribution in [2.45, 2.75) is 19.1 Å². The molecule has 0 radical (unpaired) electrons. The monoisotopic (exact) mass is 260 g/mol. The predicted molar refractivity (Wildman–Crippen MR) is 66.6 cm³/mol. The molecular weight excluding hydrogens is 240 g/mol. The number of ether oxygens (including phenoxy) is 1. The van der Waals surface area contributed by atoms with Crippen molar-refractivity contribution in [1.82, 2.24) is 10.2 Å². The number of rotatable bonds is 4. The Labute approximate surface area is 103 Å². The number of likely N-dealkylation sites (N-methyl/N-ethyl adjacent to an activating group) is 1. The Balaban J connectivity index is 1.74. The molecule has 2 aliphatic rings. The van der Waals surface area contributed by atoms with Crippen LogP contribution < -0.4 is 5.32 Å². The lowest BCUT2D eigenvalue weighted by Crippen LogP contribution is -2.48. The Bertz CT molecular complexity index is 380. The van der Waals surface area contributed by atoms with E-state index < -0.39 is 9.84 Å². The molecule has 5 nitrogen and oxygen atoms in total. The van der Waals surface area contributed by atoms with Gasteiger partial charge < -0.3 is 10.1 Å². The fraction of sp³-hybridized carbons (Fsp3) is 0.818. The molecular formula is C11H20N2O3S. The van der Waals surface area contributed by atoms with Crippen molar-refractivity contribution in [3.05, 3.63) is 11.5 Å². The van der Waals surface area contributed by atoms with Gasteiger partial charge in [-0.2, -0.15) is 0 Å². The summed E-state index contributed by atoms with van der Waals surface area (Å²) in [6.45, 7) is 6.57. The minimum absolute atomic E-state index is 0.0550. The second-order valence-corrected chi connectivity index (χ2v) is 6.49. The van der Waals surface area contributed by atoms with Crippen LogP contribution in [-0.2, 0) is 14.6 Å². The van der Waals surface area contributed by atoms with Crippen molar-refractivity contribution in [3.8, 4) is 0 Å². The first-order chi connectivity index (χ1) is 8.09. The van der Waals surface area contributed by atoms with Gasteiger partial charge in [0.25, 0.3) is 0 Å². The number of morpholine rings is 1. The average molecular weight is 260 g/mol. The summed E-state index contributed by atoms with van der Waals surface area (Å²) in [6.07, 6.45) is 1.89. The number of sulfone groups is 1. The molecule has 0 aromatic carbocycles. The van der Waals surface area contributed by atoms with Gasteiger partial charge in [-0.1, -0.05) is 13.0 Å². The van der Waals surface area contributed by atoms with Gasteiger partial charge in [0.05, 0.1) is 18.5 Å². The van der Waals surface area contributed by atoms with E-state index in [1.807, 2.05) is 0 Å². The van der Waals surface area contributed by atoms with Crippen LogP contribution in [0.25, 0.3) is 0 Å². The van der Waals surface area contributed by atoms with Crippen molar-refractivity contribution in [1.29, 1.82) is 0 Å². The van der Waals surface area contributed by atoms with E-state index in [0.717, 1.165) is 26.2 Å². The molecule has 2 unspecified atom stereocenters. The standard InChI is InChI=1S/C11H20N2O3S/c1-2-13-4-5-16-11(8-13)7-12-10-3-6-17(14,15)9-10/h3,6,10-12H,2,4-5,7-9H2,1H3. The minimum Gasteiger partial charge on any atom is -0.374 e. The normalized spacial score (nSPS) is 33.0. The van der Waals surface area contributed by atoms with Crippen LogP contribution in [0.3, 0.4) is 0 Å². The third kappa shape index (κ3) is 3.77. The van der Waals surface area contributed by atoms with Gasteiger partial charge in [-0.15, -0.1) is 0 Å². The van der Waals surface area contributed by atoms with Crippen LogP contribution in [0.2, 0.25) is 0 Å². The zero-order valence-corrected chi connectivity index (χ0v) is 10.9. The van der Waals surface area contributed by atoms with E-state index >= 15 is 0 Å². The fourth-order valence-corrected chi connectivity index (χ4v) is 3.45. The quantitative estimate of drug-likeness (QED) is 0.746. The minimum atomic E-state index is -2.96. The van der Waals surface area contributed by atoms with Gasteiger partial charge in [0.15, 0.2) is 9.84 Å². The van der Waals surface area contributed by atoms with Gasteiger partial charge >= 0.3 is 0 Å². The number of nitrogens with zero attached hydrogens (tertiary/aromatic N) is 1. The zero-order chi connectivity index (χ0) is 12.3. The van der Waals surface area contributed by atoms with E-state index in [0.29, 0.717) is 6.54 Å². The molecule has 0 amide bonds. The smallest absolute Gasteiger partial charge is 0.173 e. The summed E-state index contributed by atoms with van der Waals surface area (Å²) in [5.41, 5.74) is 0. The lowest BCUT2D eigenvalue weighted by Gasteiger charge is -2.32. The highest BCUT2D eigenvalue weighted by Gasteiger charge is 2.24. The topological polar surface area (TPSA) is 58.6 Å². The first kappa shape index (κ1) is 13.0.